The van der Waals surface area contributed by atoms with Crippen molar-refractivity contribution in [1.82, 2.24) is 5.32 Å². The first-order valence-corrected chi connectivity index (χ1v) is 7.54. The van der Waals surface area contributed by atoms with Crippen molar-refractivity contribution in [3.63, 3.8) is 0 Å². The lowest BCUT2D eigenvalue weighted by molar-refractivity contribution is 0.0947. The molecule has 1 fully saturated rings. The van der Waals surface area contributed by atoms with Crippen LogP contribution in [0.5, 0.6) is 0 Å². The standard InChI is InChI=1S/C17H27NO/c1-5-18-17(11-15-7-6-8-19-15)16-10-13(3)12(2)9-14(16)4/h9-10,15,17-18H,5-8,11H2,1-4H3. The highest BCUT2D eigenvalue weighted by atomic mass is 16.5. The van der Waals surface area contributed by atoms with Gasteiger partial charge in [0.2, 0.25) is 0 Å². The quantitative estimate of drug-likeness (QED) is 0.869. The van der Waals surface area contributed by atoms with Gasteiger partial charge in [0.05, 0.1) is 6.10 Å². The fourth-order valence-electron chi connectivity index (χ4n) is 3.02. The number of hydrogen-bond acceptors (Lipinski definition) is 2. The molecule has 1 N–H and O–H groups in total. The molecule has 1 aliphatic heterocycles. The molecule has 1 aromatic rings. The van der Waals surface area contributed by atoms with Gasteiger partial charge in [-0.2, -0.15) is 0 Å². The molecule has 0 saturated carbocycles. The van der Waals surface area contributed by atoms with Crippen LogP contribution in [0.15, 0.2) is 12.1 Å². The van der Waals surface area contributed by atoms with E-state index >= 15 is 0 Å². The Kier molecular flexibility index (Phi) is 5.00. The first-order valence-electron chi connectivity index (χ1n) is 7.54. The molecule has 1 saturated heterocycles. The van der Waals surface area contributed by atoms with E-state index in [1.54, 1.807) is 0 Å². The second kappa shape index (κ2) is 6.53. The van der Waals surface area contributed by atoms with E-state index in [-0.39, 0.29) is 0 Å². The van der Waals surface area contributed by atoms with E-state index in [1.807, 2.05) is 0 Å². The van der Waals surface area contributed by atoms with E-state index < -0.39 is 0 Å². The van der Waals surface area contributed by atoms with Crippen molar-refractivity contribution < 1.29 is 4.74 Å². The maximum Gasteiger partial charge on any atom is 0.0594 e. The Morgan fingerprint density at radius 3 is 2.58 bits per heavy atom. The molecule has 0 aromatic heterocycles. The molecule has 106 valence electrons. The Hall–Kier alpha value is -0.860. The zero-order valence-corrected chi connectivity index (χ0v) is 12.8. The Morgan fingerprint density at radius 2 is 1.95 bits per heavy atom. The van der Waals surface area contributed by atoms with Crippen LogP contribution in [0.25, 0.3) is 0 Å². The molecule has 0 spiro atoms. The summed E-state index contributed by atoms with van der Waals surface area (Å²) >= 11 is 0. The molecule has 2 nitrogen and oxygen atoms in total. The molecular formula is C17H27NO. The van der Waals surface area contributed by atoms with Crippen LogP contribution < -0.4 is 5.32 Å². The third kappa shape index (κ3) is 3.58. The van der Waals surface area contributed by atoms with E-state index in [1.165, 1.54) is 35.1 Å². The molecule has 2 rings (SSSR count). The van der Waals surface area contributed by atoms with E-state index in [0.717, 1.165) is 19.6 Å². The van der Waals surface area contributed by atoms with Gasteiger partial charge in [-0.15, -0.1) is 0 Å². The molecule has 1 heterocycles. The van der Waals surface area contributed by atoms with E-state index in [4.69, 9.17) is 4.74 Å². The first-order chi connectivity index (χ1) is 9.11. The minimum Gasteiger partial charge on any atom is -0.378 e. The molecule has 2 atom stereocenters. The molecule has 0 radical (unpaired) electrons. The van der Waals surface area contributed by atoms with Gasteiger partial charge in [-0.25, -0.2) is 0 Å². The van der Waals surface area contributed by atoms with Crippen molar-refractivity contribution in [1.29, 1.82) is 0 Å². The molecule has 0 bridgehead atoms. The molecule has 2 unspecified atom stereocenters. The highest BCUT2D eigenvalue weighted by Gasteiger charge is 2.22. The van der Waals surface area contributed by atoms with Gasteiger partial charge in [0, 0.05) is 12.6 Å². The van der Waals surface area contributed by atoms with Gasteiger partial charge in [-0.1, -0.05) is 19.1 Å². The predicted octanol–water partition coefficient (Wildman–Crippen LogP) is 3.83. The zero-order chi connectivity index (χ0) is 13.8. The van der Waals surface area contributed by atoms with Crippen LogP contribution in [0.2, 0.25) is 0 Å². The summed E-state index contributed by atoms with van der Waals surface area (Å²) in [6.07, 6.45) is 3.96. The highest BCUT2D eigenvalue weighted by molar-refractivity contribution is 5.38. The number of nitrogens with one attached hydrogen (secondary N) is 1. The number of hydrogen-bond donors (Lipinski definition) is 1. The third-order valence-electron chi connectivity index (χ3n) is 4.23. The average molecular weight is 261 g/mol. The van der Waals surface area contributed by atoms with Gasteiger partial charge in [0.1, 0.15) is 0 Å². The van der Waals surface area contributed by atoms with Crippen LogP contribution in [0.1, 0.15) is 54.5 Å². The number of benzene rings is 1. The Bertz CT molecular complexity index is 422. The highest BCUT2D eigenvalue weighted by Crippen LogP contribution is 2.28. The number of aryl methyl sites for hydroxylation is 3. The van der Waals surface area contributed by atoms with Crippen molar-refractivity contribution in [3.05, 3.63) is 34.4 Å². The largest absolute Gasteiger partial charge is 0.378 e. The minimum absolute atomic E-state index is 0.424. The third-order valence-corrected chi connectivity index (χ3v) is 4.23. The van der Waals surface area contributed by atoms with Crippen LogP contribution >= 0.6 is 0 Å². The van der Waals surface area contributed by atoms with Crippen LogP contribution in [0.4, 0.5) is 0 Å². The Morgan fingerprint density at radius 1 is 1.21 bits per heavy atom. The molecule has 1 aromatic carbocycles. The number of rotatable bonds is 5. The predicted molar refractivity (Wildman–Crippen MR) is 80.7 cm³/mol. The molecule has 0 aliphatic carbocycles. The molecule has 19 heavy (non-hydrogen) atoms. The second-order valence-corrected chi connectivity index (χ2v) is 5.77. The van der Waals surface area contributed by atoms with E-state index in [9.17, 15) is 0 Å². The summed E-state index contributed by atoms with van der Waals surface area (Å²) in [5.74, 6) is 0. The zero-order valence-electron chi connectivity index (χ0n) is 12.8. The average Bonchev–Trinajstić information content (AvgIpc) is 2.86. The van der Waals surface area contributed by atoms with Crippen molar-refractivity contribution in [2.24, 2.45) is 0 Å². The maximum atomic E-state index is 5.81. The van der Waals surface area contributed by atoms with Gasteiger partial charge < -0.3 is 10.1 Å². The summed E-state index contributed by atoms with van der Waals surface area (Å²) in [7, 11) is 0. The molecular weight excluding hydrogens is 234 g/mol. The first kappa shape index (κ1) is 14.5. The fourth-order valence-corrected chi connectivity index (χ4v) is 3.02. The summed E-state index contributed by atoms with van der Waals surface area (Å²) in [5.41, 5.74) is 5.61. The van der Waals surface area contributed by atoms with E-state index in [2.05, 4.69) is 45.1 Å². The lowest BCUT2D eigenvalue weighted by atomic mass is 9.92. The molecule has 2 heteroatoms. The summed E-state index contributed by atoms with van der Waals surface area (Å²) in [4.78, 5) is 0. The van der Waals surface area contributed by atoms with Crippen molar-refractivity contribution in [2.75, 3.05) is 13.2 Å². The molecule has 1 aliphatic rings. The van der Waals surface area contributed by atoms with Gasteiger partial charge >= 0.3 is 0 Å². The van der Waals surface area contributed by atoms with Crippen LogP contribution in [-0.2, 0) is 4.74 Å². The number of ether oxygens (including phenoxy) is 1. The minimum atomic E-state index is 0.424. The van der Waals surface area contributed by atoms with Crippen molar-refractivity contribution in [3.8, 4) is 0 Å². The topological polar surface area (TPSA) is 21.3 Å². The monoisotopic (exact) mass is 261 g/mol. The van der Waals surface area contributed by atoms with Crippen LogP contribution in [0.3, 0.4) is 0 Å². The Balaban J connectivity index is 2.19. The molecule has 0 amide bonds. The summed E-state index contributed by atoms with van der Waals surface area (Å²) in [5, 5.41) is 3.63. The van der Waals surface area contributed by atoms with Crippen molar-refractivity contribution >= 4 is 0 Å². The lowest BCUT2D eigenvalue weighted by Crippen LogP contribution is -2.26. The summed E-state index contributed by atoms with van der Waals surface area (Å²) in [6.45, 7) is 10.7. The lowest BCUT2D eigenvalue weighted by Gasteiger charge is -2.24. The van der Waals surface area contributed by atoms with Gasteiger partial charge in [-0.3, -0.25) is 0 Å². The van der Waals surface area contributed by atoms with Crippen LogP contribution in [0, 0.1) is 20.8 Å². The maximum absolute atomic E-state index is 5.81. The fraction of sp³-hybridized carbons (Fsp3) is 0.647. The van der Waals surface area contributed by atoms with Crippen LogP contribution in [-0.4, -0.2) is 19.3 Å². The smallest absolute Gasteiger partial charge is 0.0594 e. The summed E-state index contributed by atoms with van der Waals surface area (Å²) < 4.78 is 5.81. The van der Waals surface area contributed by atoms with Gasteiger partial charge in [0.25, 0.3) is 0 Å². The Labute approximate surface area is 117 Å². The normalized spacial score (nSPS) is 20.7. The summed E-state index contributed by atoms with van der Waals surface area (Å²) in [6, 6.07) is 5.09. The van der Waals surface area contributed by atoms with Gasteiger partial charge in [0.15, 0.2) is 0 Å². The van der Waals surface area contributed by atoms with E-state index in [0.29, 0.717) is 12.1 Å². The van der Waals surface area contributed by atoms with Gasteiger partial charge in [-0.05, 0) is 68.8 Å². The SMILES string of the molecule is CCNC(CC1CCCO1)c1cc(C)c(C)cc1C. The second-order valence-electron chi connectivity index (χ2n) is 5.77. The van der Waals surface area contributed by atoms with Crippen molar-refractivity contribution in [2.45, 2.75) is 59.1 Å².